The number of hydrogen-bond acceptors (Lipinski definition) is 2. The highest BCUT2D eigenvalue weighted by atomic mass is 16.5. The molecule has 0 aromatic rings. The van der Waals surface area contributed by atoms with E-state index in [0.29, 0.717) is 18.9 Å². The van der Waals surface area contributed by atoms with E-state index in [9.17, 15) is 4.79 Å². The molecule has 2 nitrogen and oxygen atoms in total. The summed E-state index contributed by atoms with van der Waals surface area (Å²) in [5.74, 6) is 0.611. The van der Waals surface area contributed by atoms with Crippen LogP contribution in [0.4, 0.5) is 0 Å². The molecule has 0 fully saturated rings. The summed E-state index contributed by atoms with van der Waals surface area (Å²) in [4.78, 5) is 10.9. The van der Waals surface area contributed by atoms with Gasteiger partial charge in [-0.25, -0.2) is 0 Å². The Morgan fingerprint density at radius 1 is 1.42 bits per heavy atom. The Balaban J connectivity index is 3.24. The van der Waals surface area contributed by atoms with Gasteiger partial charge < -0.3 is 4.74 Å². The number of carbonyl (C=O) groups is 1. The van der Waals surface area contributed by atoms with E-state index < -0.39 is 0 Å². The van der Waals surface area contributed by atoms with Crippen molar-refractivity contribution in [3.63, 3.8) is 0 Å². The van der Waals surface area contributed by atoms with Crippen molar-refractivity contribution in [1.29, 1.82) is 0 Å². The second-order valence-electron chi connectivity index (χ2n) is 3.27. The average Bonchev–Trinajstić information content (AvgIpc) is 2.04. The zero-order chi connectivity index (χ0) is 9.40. The fraction of sp³-hybridized carbons (Fsp3) is 0.900. The summed E-state index contributed by atoms with van der Waals surface area (Å²) in [5, 5.41) is 0. The summed E-state index contributed by atoms with van der Waals surface area (Å²) in [6, 6.07) is 0. The number of hydrogen-bond donors (Lipinski definition) is 0. The quantitative estimate of drug-likeness (QED) is 0.576. The maximum Gasteiger partial charge on any atom is 0.305 e. The van der Waals surface area contributed by atoms with Crippen molar-refractivity contribution >= 4 is 5.97 Å². The Kier molecular flexibility index (Phi) is 6.82. The molecule has 0 aromatic heterocycles. The molecular formula is C10H20O2. The normalized spacial score (nSPS) is 12.6. The van der Waals surface area contributed by atoms with E-state index in [-0.39, 0.29) is 5.97 Å². The predicted octanol–water partition coefficient (Wildman–Crippen LogP) is 2.77. The molecule has 0 saturated carbocycles. The Labute approximate surface area is 75.3 Å². The van der Waals surface area contributed by atoms with E-state index in [1.54, 1.807) is 0 Å². The van der Waals surface area contributed by atoms with E-state index >= 15 is 0 Å². The highest BCUT2D eigenvalue weighted by molar-refractivity contribution is 5.69. The molecule has 0 N–H and O–H groups in total. The first-order valence-corrected chi connectivity index (χ1v) is 4.86. The zero-order valence-corrected chi connectivity index (χ0v) is 8.43. The number of esters is 1. The second-order valence-corrected chi connectivity index (χ2v) is 3.27. The van der Waals surface area contributed by atoms with E-state index in [0.717, 1.165) is 19.3 Å². The molecule has 0 amide bonds. The first kappa shape index (κ1) is 11.5. The molecule has 0 heterocycles. The minimum Gasteiger partial charge on any atom is -0.466 e. The lowest BCUT2D eigenvalue weighted by molar-refractivity contribution is -0.144. The molecule has 0 unspecified atom stereocenters. The molecule has 1 atom stereocenters. The third-order valence-electron chi connectivity index (χ3n) is 2.02. The standard InChI is InChI=1S/C10H20O2/c1-4-6-10(11)12-8-7-9(3)5-2/h9H,4-8H2,1-3H3/t9-/m0/s1. The topological polar surface area (TPSA) is 26.3 Å². The van der Waals surface area contributed by atoms with Crippen LogP contribution in [0.5, 0.6) is 0 Å². The molecule has 0 bridgehead atoms. The van der Waals surface area contributed by atoms with Gasteiger partial charge in [-0.15, -0.1) is 0 Å². The summed E-state index contributed by atoms with van der Waals surface area (Å²) < 4.78 is 5.02. The van der Waals surface area contributed by atoms with Gasteiger partial charge in [-0.3, -0.25) is 4.79 Å². The summed E-state index contributed by atoms with van der Waals surface area (Å²) in [5.41, 5.74) is 0. The monoisotopic (exact) mass is 172 g/mol. The predicted molar refractivity (Wildman–Crippen MR) is 49.9 cm³/mol. The lowest BCUT2D eigenvalue weighted by Gasteiger charge is -2.08. The van der Waals surface area contributed by atoms with Gasteiger partial charge >= 0.3 is 5.97 Å². The molecule has 0 aliphatic rings. The van der Waals surface area contributed by atoms with Crippen LogP contribution in [-0.2, 0) is 9.53 Å². The van der Waals surface area contributed by atoms with E-state index in [1.165, 1.54) is 0 Å². The van der Waals surface area contributed by atoms with Gasteiger partial charge in [0.05, 0.1) is 6.61 Å². The van der Waals surface area contributed by atoms with Crippen molar-refractivity contribution in [3.8, 4) is 0 Å². The Morgan fingerprint density at radius 3 is 2.58 bits per heavy atom. The van der Waals surface area contributed by atoms with Gasteiger partial charge in [-0.05, 0) is 18.8 Å². The number of carbonyl (C=O) groups excluding carboxylic acids is 1. The van der Waals surface area contributed by atoms with Crippen molar-refractivity contribution in [3.05, 3.63) is 0 Å². The first-order valence-electron chi connectivity index (χ1n) is 4.86. The molecule has 0 spiro atoms. The molecule has 0 aromatic carbocycles. The van der Waals surface area contributed by atoms with Crippen LogP contribution in [0.15, 0.2) is 0 Å². The lowest BCUT2D eigenvalue weighted by atomic mass is 10.1. The summed E-state index contributed by atoms with van der Waals surface area (Å²) in [6.07, 6.45) is 3.58. The van der Waals surface area contributed by atoms with Gasteiger partial charge in [0.15, 0.2) is 0 Å². The summed E-state index contributed by atoms with van der Waals surface area (Å²) in [7, 11) is 0. The molecule has 0 rings (SSSR count). The second kappa shape index (κ2) is 7.14. The smallest absolute Gasteiger partial charge is 0.305 e. The van der Waals surface area contributed by atoms with Crippen LogP contribution >= 0.6 is 0 Å². The fourth-order valence-corrected chi connectivity index (χ4v) is 0.854. The average molecular weight is 172 g/mol. The molecule has 72 valence electrons. The van der Waals surface area contributed by atoms with Crippen LogP contribution in [0.2, 0.25) is 0 Å². The Hall–Kier alpha value is -0.530. The lowest BCUT2D eigenvalue weighted by Crippen LogP contribution is -2.07. The summed E-state index contributed by atoms with van der Waals surface area (Å²) in [6.45, 7) is 6.90. The molecule has 0 saturated heterocycles. The van der Waals surface area contributed by atoms with Crippen LogP contribution in [0.1, 0.15) is 46.5 Å². The van der Waals surface area contributed by atoms with E-state index in [2.05, 4.69) is 13.8 Å². The van der Waals surface area contributed by atoms with Gasteiger partial charge in [0.1, 0.15) is 0 Å². The van der Waals surface area contributed by atoms with Gasteiger partial charge in [0.2, 0.25) is 0 Å². The molecule has 12 heavy (non-hydrogen) atoms. The van der Waals surface area contributed by atoms with Crippen LogP contribution in [-0.4, -0.2) is 12.6 Å². The minimum atomic E-state index is -0.0548. The van der Waals surface area contributed by atoms with Gasteiger partial charge in [0, 0.05) is 6.42 Å². The maximum absolute atomic E-state index is 10.9. The molecular weight excluding hydrogens is 152 g/mol. The number of rotatable bonds is 6. The van der Waals surface area contributed by atoms with E-state index in [1.807, 2.05) is 6.92 Å². The highest BCUT2D eigenvalue weighted by Crippen LogP contribution is 2.06. The van der Waals surface area contributed by atoms with Crippen molar-refractivity contribution in [2.75, 3.05) is 6.61 Å². The fourth-order valence-electron chi connectivity index (χ4n) is 0.854. The van der Waals surface area contributed by atoms with Crippen molar-refractivity contribution in [2.45, 2.75) is 46.5 Å². The zero-order valence-electron chi connectivity index (χ0n) is 8.43. The number of ether oxygens (including phenoxy) is 1. The van der Waals surface area contributed by atoms with Crippen molar-refractivity contribution < 1.29 is 9.53 Å². The molecule has 0 aliphatic carbocycles. The highest BCUT2D eigenvalue weighted by Gasteiger charge is 2.02. The first-order chi connectivity index (χ1) is 5.70. The molecule has 0 aliphatic heterocycles. The third kappa shape index (κ3) is 6.20. The Bertz CT molecular complexity index is 121. The maximum atomic E-state index is 10.9. The van der Waals surface area contributed by atoms with Gasteiger partial charge in [0.25, 0.3) is 0 Å². The van der Waals surface area contributed by atoms with Crippen LogP contribution < -0.4 is 0 Å². The van der Waals surface area contributed by atoms with Crippen LogP contribution in [0, 0.1) is 5.92 Å². The SMILES string of the molecule is CCCC(=O)OCC[C@@H](C)CC. The largest absolute Gasteiger partial charge is 0.466 e. The van der Waals surface area contributed by atoms with Gasteiger partial charge in [-0.2, -0.15) is 0 Å². The summed E-state index contributed by atoms with van der Waals surface area (Å²) >= 11 is 0. The van der Waals surface area contributed by atoms with Crippen molar-refractivity contribution in [1.82, 2.24) is 0 Å². The van der Waals surface area contributed by atoms with Crippen molar-refractivity contribution in [2.24, 2.45) is 5.92 Å². The van der Waals surface area contributed by atoms with Crippen LogP contribution in [0.25, 0.3) is 0 Å². The minimum absolute atomic E-state index is 0.0548. The van der Waals surface area contributed by atoms with Gasteiger partial charge in [-0.1, -0.05) is 27.2 Å². The van der Waals surface area contributed by atoms with E-state index in [4.69, 9.17) is 4.74 Å². The molecule has 2 heteroatoms. The van der Waals surface area contributed by atoms with Crippen LogP contribution in [0.3, 0.4) is 0 Å². The molecule has 0 radical (unpaired) electrons. The Morgan fingerprint density at radius 2 is 2.08 bits per heavy atom. The third-order valence-corrected chi connectivity index (χ3v) is 2.02.